The maximum atomic E-state index is 11.3. The van der Waals surface area contributed by atoms with Gasteiger partial charge in [0.15, 0.2) is 0 Å². The van der Waals surface area contributed by atoms with Gasteiger partial charge in [-0.3, -0.25) is 0 Å². The predicted octanol–water partition coefficient (Wildman–Crippen LogP) is 2.53. The Hall–Kier alpha value is -1.88. The zero-order chi connectivity index (χ0) is 13.0. The minimum atomic E-state index is -0.343. The van der Waals surface area contributed by atoms with Crippen LogP contribution in [0.5, 0.6) is 5.75 Å². The molecule has 0 unspecified atom stereocenters. The van der Waals surface area contributed by atoms with Gasteiger partial charge in [-0.25, -0.2) is 4.79 Å². The van der Waals surface area contributed by atoms with Crippen LogP contribution in [0.15, 0.2) is 30.3 Å². The van der Waals surface area contributed by atoms with E-state index in [9.17, 15) is 4.79 Å². The van der Waals surface area contributed by atoms with Crippen LogP contribution >= 0.6 is 11.5 Å². The number of rotatable bonds is 4. The number of carbonyl (C=O) groups is 1. The molecule has 0 saturated heterocycles. The van der Waals surface area contributed by atoms with Crippen LogP contribution in [-0.4, -0.2) is 24.6 Å². The van der Waals surface area contributed by atoms with Gasteiger partial charge in [0.1, 0.15) is 10.6 Å². The Morgan fingerprint density at radius 2 is 2.17 bits per heavy atom. The van der Waals surface area contributed by atoms with Crippen molar-refractivity contribution in [1.29, 1.82) is 0 Å². The highest BCUT2D eigenvalue weighted by Crippen LogP contribution is 2.18. The summed E-state index contributed by atoms with van der Waals surface area (Å²) in [6.45, 7) is 0. The zero-order valence-electron chi connectivity index (χ0n) is 10.2. The van der Waals surface area contributed by atoms with Crippen LogP contribution in [0.1, 0.15) is 20.9 Å². The molecule has 18 heavy (non-hydrogen) atoms. The number of aromatic nitrogens is 1. The summed E-state index contributed by atoms with van der Waals surface area (Å²) in [5.41, 5.74) is 1.95. The molecule has 5 heteroatoms. The van der Waals surface area contributed by atoms with Crippen LogP contribution in [0.25, 0.3) is 0 Å². The normalized spacial score (nSPS) is 10.1. The molecule has 4 nitrogen and oxygen atoms in total. The molecule has 2 rings (SSSR count). The molecule has 0 spiro atoms. The molecule has 94 valence electrons. The second-order valence-corrected chi connectivity index (χ2v) is 4.51. The molecule has 1 aromatic carbocycles. The third-order valence-corrected chi connectivity index (χ3v) is 3.27. The fourth-order valence-electron chi connectivity index (χ4n) is 1.58. The molecule has 1 aromatic heterocycles. The summed E-state index contributed by atoms with van der Waals surface area (Å²) in [6, 6.07) is 9.54. The zero-order valence-corrected chi connectivity index (χ0v) is 11.0. The highest BCUT2D eigenvalue weighted by Gasteiger charge is 2.10. The van der Waals surface area contributed by atoms with Crippen LogP contribution in [0.4, 0.5) is 0 Å². The standard InChI is InChI=1S/C13H13NO3S/c1-16-11-5-3-4-9(7-11)6-10-8-12(18-14-10)13(15)17-2/h3-5,7-8H,6H2,1-2H3. The van der Waals surface area contributed by atoms with Crippen molar-refractivity contribution in [3.63, 3.8) is 0 Å². The quantitative estimate of drug-likeness (QED) is 0.795. The fraction of sp³-hybridized carbons (Fsp3) is 0.231. The van der Waals surface area contributed by atoms with Crippen molar-refractivity contribution < 1.29 is 14.3 Å². The van der Waals surface area contributed by atoms with E-state index in [-0.39, 0.29) is 5.97 Å². The molecular weight excluding hydrogens is 250 g/mol. The Morgan fingerprint density at radius 1 is 1.33 bits per heavy atom. The van der Waals surface area contributed by atoms with E-state index >= 15 is 0 Å². The molecule has 0 saturated carbocycles. The summed E-state index contributed by atoms with van der Waals surface area (Å²) in [6.07, 6.45) is 0.671. The topological polar surface area (TPSA) is 48.4 Å². The van der Waals surface area contributed by atoms with Crippen molar-refractivity contribution >= 4 is 17.5 Å². The van der Waals surface area contributed by atoms with Gasteiger partial charge in [-0.05, 0) is 35.3 Å². The van der Waals surface area contributed by atoms with Gasteiger partial charge in [-0.1, -0.05) is 12.1 Å². The SMILES string of the molecule is COC(=O)c1cc(Cc2cccc(OC)c2)ns1. The second kappa shape index (κ2) is 5.64. The number of ether oxygens (including phenoxy) is 2. The first-order valence-electron chi connectivity index (χ1n) is 5.39. The highest BCUT2D eigenvalue weighted by atomic mass is 32.1. The van der Waals surface area contributed by atoms with Crippen LogP contribution in [0.3, 0.4) is 0 Å². The Morgan fingerprint density at radius 3 is 2.89 bits per heavy atom. The van der Waals surface area contributed by atoms with Gasteiger partial charge in [0.05, 0.1) is 19.9 Å². The molecule has 0 bridgehead atoms. The van der Waals surface area contributed by atoms with Crippen molar-refractivity contribution in [2.75, 3.05) is 14.2 Å². The van der Waals surface area contributed by atoms with Crippen LogP contribution in [-0.2, 0) is 11.2 Å². The molecule has 0 atom stereocenters. The van der Waals surface area contributed by atoms with E-state index in [0.29, 0.717) is 11.3 Å². The Balaban J connectivity index is 2.13. The smallest absolute Gasteiger partial charge is 0.349 e. The molecular formula is C13H13NO3S. The lowest BCUT2D eigenvalue weighted by Gasteiger charge is -2.02. The number of esters is 1. The number of nitrogens with zero attached hydrogens (tertiary/aromatic N) is 1. The van der Waals surface area contributed by atoms with Gasteiger partial charge < -0.3 is 9.47 Å². The Bertz CT molecular complexity index is 551. The largest absolute Gasteiger partial charge is 0.497 e. The maximum Gasteiger partial charge on any atom is 0.349 e. The summed E-state index contributed by atoms with van der Waals surface area (Å²) in [5, 5.41) is 0. The minimum absolute atomic E-state index is 0.343. The fourth-order valence-corrected chi connectivity index (χ4v) is 2.26. The van der Waals surface area contributed by atoms with E-state index in [1.807, 2.05) is 24.3 Å². The molecule has 0 N–H and O–H groups in total. The number of hydrogen-bond acceptors (Lipinski definition) is 5. The van der Waals surface area contributed by atoms with Gasteiger partial charge in [0, 0.05) is 6.42 Å². The first kappa shape index (κ1) is 12.6. The lowest BCUT2D eigenvalue weighted by Crippen LogP contribution is -1.97. The molecule has 0 fully saturated rings. The van der Waals surface area contributed by atoms with Gasteiger partial charge in [-0.15, -0.1) is 0 Å². The maximum absolute atomic E-state index is 11.3. The highest BCUT2D eigenvalue weighted by molar-refractivity contribution is 7.08. The molecule has 0 aliphatic heterocycles. The van der Waals surface area contributed by atoms with E-state index in [4.69, 9.17) is 4.74 Å². The Kier molecular flexibility index (Phi) is 3.94. The van der Waals surface area contributed by atoms with Gasteiger partial charge in [0.2, 0.25) is 0 Å². The minimum Gasteiger partial charge on any atom is -0.497 e. The summed E-state index contributed by atoms with van der Waals surface area (Å²) in [4.78, 5) is 11.8. The van der Waals surface area contributed by atoms with Gasteiger partial charge in [-0.2, -0.15) is 4.37 Å². The molecule has 0 radical (unpaired) electrons. The average Bonchev–Trinajstić information content (AvgIpc) is 2.86. The molecule has 0 amide bonds. The first-order valence-corrected chi connectivity index (χ1v) is 6.17. The predicted molar refractivity (Wildman–Crippen MR) is 69.3 cm³/mol. The van der Waals surface area contributed by atoms with Crippen molar-refractivity contribution in [3.05, 3.63) is 46.5 Å². The van der Waals surface area contributed by atoms with E-state index < -0.39 is 0 Å². The number of hydrogen-bond donors (Lipinski definition) is 0. The molecule has 1 heterocycles. The third kappa shape index (κ3) is 2.87. The average molecular weight is 263 g/mol. The monoisotopic (exact) mass is 263 g/mol. The summed E-state index contributed by atoms with van der Waals surface area (Å²) < 4.78 is 14.0. The van der Waals surface area contributed by atoms with Crippen LogP contribution in [0, 0.1) is 0 Å². The summed E-state index contributed by atoms with van der Waals surface area (Å²) in [5.74, 6) is 0.473. The van der Waals surface area contributed by atoms with E-state index in [1.165, 1.54) is 7.11 Å². The van der Waals surface area contributed by atoms with E-state index in [0.717, 1.165) is 28.5 Å². The third-order valence-electron chi connectivity index (χ3n) is 2.46. The molecule has 0 aliphatic carbocycles. The lowest BCUT2D eigenvalue weighted by molar-refractivity contribution is 0.0606. The van der Waals surface area contributed by atoms with Crippen molar-refractivity contribution in [3.8, 4) is 5.75 Å². The lowest BCUT2D eigenvalue weighted by atomic mass is 10.1. The number of carbonyl (C=O) groups excluding carboxylic acids is 1. The second-order valence-electron chi connectivity index (χ2n) is 3.70. The van der Waals surface area contributed by atoms with Crippen LogP contribution < -0.4 is 4.74 Å². The molecule has 2 aromatic rings. The van der Waals surface area contributed by atoms with Gasteiger partial charge >= 0.3 is 5.97 Å². The summed E-state index contributed by atoms with van der Waals surface area (Å²) >= 11 is 1.16. The van der Waals surface area contributed by atoms with Crippen molar-refractivity contribution in [2.45, 2.75) is 6.42 Å². The van der Waals surface area contributed by atoms with E-state index in [2.05, 4.69) is 9.11 Å². The van der Waals surface area contributed by atoms with Crippen molar-refractivity contribution in [1.82, 2.24) is 4.37 Å². The van der Waals surface area contributed by atoms with Crippen LogP contribution in [0.2, 0.25) is 0 Å². The number of methoxy groups -OCH3 is 2. The number of benzene rings is 1. The van der Waals surface area contributed by atoms with E-state index in [1.54, 1.807) is 13.2 Å². The van der Waals surface area contributed by atoms with Crippen molar-refractivity contribution in [2.24, 2.45) is 0 Å². The molecule has 0 aliphatic rings. The van der Waals surface area contributed by atoms with Gasteiger partial charge in [0.25, 0.3) is 0 Å². The Labute approximate surface area is 109 Å². The first-order chi connectivity index (χ1) is 8.72. The summed E-state index contributed by atoms with van der Waals surface area (Å²) in [7, 11) is 3.00.